The lowest BCUT2D eigenvalue weighted by atomic mass is 10.1. The van der Waals surface area contributed by atoms with Gasteiger partial charge in [0.15, 0.2) is 18.5 Å². The number of hydrogen-bond donors (Lipinski definition) is 2. The number of hydrogen-bond acceptors (Lipinski definition) is 8. The molecule has 2 heterocycles. The lowest BCUT2D eigenvalue weighted by Crippen LogP contribution is -2.46. The van der Waals surface area contributed by atoms with E-state index in [4.69, 9.17) is 20.7 Å². The van der Waals surface area contributed by atoms with Gasteiger partial charge in [0.25, 0.3) is 0 Å². The molecule has 0 amide bonds. The van der Waals surface area contributed by atoms with Gasteiger partial charge in [0.05, 0.1) is 6.61 Å². The Balaban J connectivity index is 2.20. The number of nitrogens with zero attached hydrogens (tertiary/aromatic N) is 5. The molecule has 29 heavy (non-hydrogen) atoms. The van der Waals surface area contributed by atoms with Crippen molar-refractivity contribution in [2.24, 2.45) is 5.11 Å². The largest absolute Gasteiger partial charge is 0.456 e. The van der Waals surface area contributed by atoms with Crippen LogP contribution in [-0.4, -0.2) is 45.2 Å². The molecule has 160 valence electrons. The van der Waals surface area contributed by atoms with Crippen molar-refractivity contribution in [1.29, 1.82) is 0 Å². The number of rotatable bonds is 10. The maximum absolute atomic E-state index is 15.2. The monoisotopic (exact) mass is 412 g/mol. The molecule has 1 aromatic heterocycles. The summed E-state index contributed by atoms with van der Waals surface area (Å²) in [7, 11) is 0. The number of carbonyl (C=O) groups excluding carboxylic acids is 1. The number of esters is 1. The molecule has 1 aromatic rings. The van der Waals surface area contributed by atoms with Gasteiger partial charge in [0.2, 0.25) is 5.72 Å². The molecule has 0 aliphatic carbocycles. The van der Waals surface area contributed by atoms with Crippen LogP contribution in [0.2, 0.25) is 0 Å². The Morgan fingerprint density at radius 1 is 1.52 bits per heavy atom. The van der Waals surface area contributed by atoms with Crippen molar-refractivity contribution < 1.29 is 23.8 Å². The van der Waals surface area contributed by atoms with Crippen LogP contribution in [0.15, 0.2) is 22.2 Å². The second kappa shape index (κ2) is 10.2. The number of azide groups is 1. The van der Waals surface area contributed by atoms with Crippen molar-refractivity contribution in [2.45, 2.75) is 69.7 Å². The fourth-order valence-electron chi connectivity index (χ4n) is 3.11. The summed E-state index contributed by atoms with van der Waals surface area (Å²) in [5.41, 5.74) is 11.1. The van der Waals surface area contributed by atoms with Crippen LogP contribution in [0, 0.1) is 0 Å². The standard InChI is InChI=1S/C17H25FN6O5/c1-2-3-4-5-6-7-12(26)28-14-13(18)15(29-17(14,10-25)22-23-20)24-9-8-11(19)21-16(24)27/h8-9,13-15,25H,2-7,10H2,1H3,(H2,19,21,27)/t13-,14+,15-,17?/m1/s1. The van der Waals surface area contributed by atoms with E-state index in [1.54, 1.807) is 0 Å². The first-order valence-corrected chi connectivity index (χ1v) is 9.41. The number of anilines is 1. The number of unbranched alkanes of at least 4 members (excludes halogenated alkanes) is 4. The molecule has 1 unspecified atom stereocenters. The Kier molecular flexibility index (Phi) is 7.94. The van der Waals surface area contributed by atoms with Gasteiger partial charge in [0.1, 0.15) is 5.82 Å². The summed E-state index contributed by atoms with van der Waals surface area (Å²) in [6, 6.07) is 1.25. The number of carbonyl (C=O) groups is 1. The minimum absolute atomic E-state index is 0.0404. The van der Waals surface area contributed by atoms with Crippen LogP contribution in [0.1, 0.15) is 51.7 Å². The molecule has 2 rings (SSSR count). The third-order valence-electron chi connectivity index (χ3n) is 4.64. The normalized spacial score (nSPS) is 26.1. The molecule has 0 spiro atoms. The quantitative estimate of drug-likeness (QED) is 0.195. The summed E-state index contributed by atoms with van der Waals surface area (Å²) in [6.07, 6.45) is 0.180. The molecule has 11 nitrogen and oxygen atoms in total. The molecule has 1 saturated heterocycles. The van der Waals surface area contributed by atoms with Gasteiger partial charge < -0.3 is 20.3 Å². The zero-order valence-corrected chi connectivity index (χ0v) is 16.1. The van der Waals surface area contributed by atoms with Crippen molar-refractivity contribution in [2.75, 3.05) is 12.3 Å². The molecule has 1 aliphatic rings. The van der Waals surface area contributed by atoms with Gasteiger partial charge in [0, 0.05) is 17.5 Å². The Morgan fingerprint density at radius 2 is 2.24 bits per heavy atom. The highest BCUT2D eigenvalue weighted by molar-refractivity contribution is 5.69. The van der Waals surface area contributed by atoms with E-state index in [-0.39, 0.29) is 12.2 Å². The molecule has 0 aromatic carbocycles. The minimum atomic E-state index is -2.21. The first kappa shape index (κ1) is 22.6. The Morgan fingerprint density at radius 3 is 2.86 bits per heavy atom. The van der Waals surface area contributed by atoms with Gasteiger partial charge in [-0.1, -0.05) is 37.7 Å². The molecule has 0 bridgehead atoms. The highest BCUT2D eigenvalue weighted by Gasteiger charge is 2.59. The summed E-state index contributed by atoms with van der Waals surface area (Å²) in [5, 5.41) is 13.1. The molecule has 4 atom stereocenters. The number of aromatic nitrogens is 2. The molecule has 0 saturated carbocycles. The molecule has 1 fully saturated rings. The summed E-state index contributed by atoms with van der Waals surface area (Å²) in [4.78, 5) is 30.3. The Labute approximate surface area is 166 Å². The first-order chi connectivity index (χ1) is 13.9. The zero-order chi connectivity index (χ0) is 21.4. The van der Waals surface area contributed by atoms with Crippen molar-refractivity contribution >= 4 is 11.8 Å². The lowest BCUT2D eigenvalue weighted by Gasteiger charge is -2.27. The Bertz CT molecular complexity index is 814. The fraction of sp³-hybridized carbons (Fsp3) is 0.706. The van der Waals surface area contributed by atoms with Gasteiger partial charge >= 0.3 is 11.7 Å². The molecule has 12 heteroatoms. The SMILES string of the molecule is CCCCCCCC(=O)O[C@H]1[C@@H](F)[C@H](n2ccc(N)nc2=O)OC1(CO)N=[N+]=[N-]. The van der Waals surface area contributed by atoms with Crippen LogP contribution in [0.25, 0.3) is 10.4 Å². The van der Waals surface area contributed by atoms with Crippen LogP contribution < -0.4 is 11.4 Å². The zero-order valence-electron chi connectivity index (χ0n) is 16.1. The number of nitrogens with two attached hydrogens (primary N) is 1. The second-order valence-electron chi connectivity index (χ2n) is 6.76. The van der Waals surface area contributed by atoms with Crippen LogP contribution in [-0.2, 0) is 14.3 Å². The van der Waals surface area contributed by atoms with E-state index in [0.29, 0.717) is 6.42 Å². The molecule has 0 radical (unpaired) electrons. The summed E-state index contributed by atoms with van der Waals surface area (Å²) >= 11 is 0. The average molecular weight is 412 g/mol. The van der Waals surface area contributed by atoms with E-state index >= 15 is 4.39 Å². The third-order valence-corrected chi connectivity index (χ3v) is 4.64. The van der Waals surface area contributed by atoms with Gasteiger partial charge in [-0.05, 0) is 18.0 Å². The van der Waals surface area contributed by atoms with Crippen molar-refractivity contribution in [3.8, 4) is 0 Å². The van der Waals surface area contributed by atoms with Crippen LogP contribution in [0.3, 0.4) is 0 Å². The third kappa shape index (κ3) is 5.22. The number of nitrogen functional groups attached to an aromatic ring is 1. The Hall–Kier alpha value is -2.69. The van der Waals surface area contributed by atoms with Crippen LogP contribution in [0.4, 0.5) is 10.2 Å². The van der Waals surface area contributed by atoms with Crippen LogP contribution in [0.5, 0.6) is 0 Å². The second-order valence-corrected chi connectivity index (χ2v) is 6.76. The summed E-state index contributed by atoms with van der Waals surface area (Å²) in [6.45, 7) is 1.11. The maximum atomic E-state index is 15.2. The predicted octanol–water partition coefficient (Wildman–Crippen LogP) is 1.96. The minimum Gasteiger partial charge on any atom is -0.456 e. The molecular weight excluding hydrogens is 387 g/mol. The number of aliphatic hydroxyl groups is 1. The smallest absolute Gasteiger partial charge is 0.351 e. The van der Waals surface area contributed by atoms with Crippen molar-refractivity contribution in [3.05, 3.63) is 33.2 Å². The van der Waals surface area contributed by atoms with Gasteiger partial charge in [-0.3, -0.25) is 9.36 Å². The highest BCUT2D eigenvalue weighted by atomic mass is 19.1. The van der Waals surface area contributed by atoms with Crippen LogP contribution >= 0.6 is 0 Å². The summed E-state index contributed by atoms with van der Waals surface area (Å²) in [5.74, 6) is -0.790. The predicted molar refractivity (Wildman–Crippen MR) is 100 cm³/mol. The van der Waals surface area contributed by atoms with E-state index in [0.717, 1.165) is 36.4 Å². The number of aliphatic hydroxyl groups excluding tert-OH is 1. The van der Waals surface area contributed by atoms with E-state index < -0.39 is 42.5 Å². The highest BCUT2D eigenvalue weighted by Crippen LogP contribution is 2.41. The topological polar surface area (TPSA) is 165 Å². The van der Waals surface area contributed by atoms with E-state index in [9.17, 15) is 14.7 Å². The number of ether oxygens (including phenoxy) is 2. The lowest BCUT2D eigenvalue weighted by molar-refractivity contribution is -0.168. The van der Waals surface area contributed by atoms with Gasteiger partial charge in [-0.15, -0.1) is 0 Å². The molecular formula is C17H25FN6O5. The average Bonchev–Trinajstić information content (AvgIpc) is 2.94. The fourth-order valence-corrected chi connectivity index (χ4v) is 3.11. The number of alkyl halides is 1. The number of halogens is 1. The van der Waals surface area contributed by atoms with E-state index in [1.807, 2.05) is 0 Å². The molecule has 3 N–H and O–H groups in total. The van der Waals surface area contributed by atoms with Gasteiger partial charge in [-0.2, -0.15) is 4.98 Å². The molecule has 1 aliphatic heterocycles. The maximum Gasteiger partial charge on any atom is 0.351 e. The van der Waals surface area contributed by atoms with E-state index in [1.165, 1.54) is 6.07 Å². The van der Waals surface area contributed by atoms with Gasteiger partial charge in [-0.25, -0.2) is 9.18 Å². The van der Waals surface area contributed by atoms with Crippen molar-refractivity contribution in [1.82, 2.24) is 9.55 Å². The first-order valence-electron chi connectivity index (χ1n) is 9.41. The van der Waals surface area contributed by atoms with Crippen molar-refractivity contribution in [3.63, 3.8) is 0 Å². The van der Waals surface area contributed by atoms with E-state index in [2.05, 4.69) is 21.9 Å². The summed E-state index contributed by atoms with van der Waals surface area (Å²) < 4.78 is 26.5.